The second-order valence-corrected chi connectivity index (χ2v) is 11.0. The van der Waals surface area contributed by atoms with Crippen LogP contribution in [0.15, 0.2) is 0 Å². The standard InChI is InChI=1S/C28H58N4/c1-3-11-25(4-2)21-29-16-9-18-31-23-27-14-8-15-28(20-27)24-32-19-10-17-30-22-26-12-6-5-7-13-26/h25-32H,3-24H2,1-2H3. The van der Waals surface area contributed by atoms with Crippen molar-refractivity contribution in [3.8, 4) is 0 Å². The molecule has 0 bridgehead atoms. The van der Waals surface area contributed by atoms with E-state index in [9.17, 15) is 0 Å². The van der Waals surface area contributed by atoms with Crippen molar-refractivity contribution in [1.29, 1.82) is 0 Å². The van der Waals surface area contributed by atoms with Crippen LogP contribution in [0.1, 0.15) is 104 Å². The van der Waals surface area contributed by atoms with E-state index in [-0.39, 0.29) is 0 Å². The van der Waals surface area contributed by atoms with Crippen molar-refractivity contribution in [2.24, 2.45) is 23.7 Å². The van der Waals surface area contributed by atoms with E-state index in [0.29, 0.717) is 0 Å². The third-order valence-electron chi connectivity index (χ3n) is 8.04. The van der Waals surface area contributed by atoms with Crippen LogP contribution in [0.3, 0.4) is 0 Å². The Bertz CT molecular complexity index is 385. The lowest BCUT2D eigenvalue weighted by Crippen LogP contribution is -2.33. The topological polar surface area (TPSA) is 48.1 Å². The molecule has 2 saturated carbocycles. The molecular weight excluding hydrogens is 392 g/mol. The summed E-state index contributed by atoms with van der Waals surface area (Å²) >= 11 is 0. The Kier molecular flexibility index (Phi) is 16.8. The molecule has 3 unspecified atom stereocenters. The zero-order chi connectivity index (χ0) is 22.7. The minimum absolute atomic E-state index is 0.874. The highest BCUT2D eigenvalue weighted by atomic mass is 14.9. The van der Waals surface area contributed by atoms with Gasteiger partial charge in [0.25, 0.3) is 0 Å². The van der Waals surface area contributed by atoms with Gasteiger partial charge in [-0.05, 0) is 127 Å². The average molecular weight is 451 g/mol. The van der Waals surface area contributed by atoms with E-state index in [2.05, 4.69) is 35.1 Å². The molecule has 4 heteroatoms. The van der Waals surface area contributed by atoms with Gasteiger partial charge in [0, 0.05) is 0 Å². The summed E-state index contributed by atoms with van der Waals surface area (Å²) in [6.45, 7) is 14.3. The summed E-state index contributed by atoms with van der Waals surface area (Å²) < 4.78 is 0. The summed E-state index contributed by atoms with van der Waals surface area (Å²) in [6, 6.07) is 0. The van der Waals surface area contributed by atoms with E-state index >= 15 is 0 Å². The van der Waals surface area contributed by atoms with Crippen molar-refractivity contribution in [2.45, 2.75) is 104 Å². The zero-order valence-electron chi connectivity index (χ0n) is 21.9. The van der Waals surface area contributed by atoms with Crippen molar-refractivity contribution in [1.82, 2.24) is 21.3 Å². The third kappa shape index (κ3) is 13.5. The summed E-state index contributed by atoms with van der Waals surface area (Å²) in [4.78, 5) is 0. The zero-order valence-corrected chi connectivity index (χ0v) is 21.9. The lowest BCUT2D eigenvalue weighted by molar-refractivity contribution is 0.252. The Hall–Kier alpha value is -0.160. The summed E-state index contributed by atoms with van der Waals surface area (Å²) in [5.74, 6) is 3.63. The molecule has 0 aromatic carbocycles. The van der Waals surface area contributed by atoms with E-state index < -0.39 is 0 Å². The van der Waals surface area contributed by atoms with Crippen LogP contribution in [0.5, 0.6) is 0 Å². The van der Waals surface area contributed by atoms with E-state index in [0.717, 1.165) is 23.7 Å². The minimum Gasteiger partial charge on any atom is -0.316 e. The SMILES string of the molecule is CCCC(CC)CNCCCNCC1CCCC(CNCCCNCC2CCCCC2)C1. The van der Waals surface area contributed by atoms with Crippen LogP contribution in [0.2, 0.25) is 0 Å². The van der Waals surface area contributed by atoms with Gasteiger partial charge in [-0.2, -0.15) is 0 Å². The van der Waals surface area contributed by atoms with Gasteiger partial charge < -0.3 is 21.3 Å². The monoisotopic (exact) mass is 450 g/mol. The van der Waals surface area contributed by atoms with E-state index in [4.69, 9.17) is 0 Å². The molecule has 190 valence electrons. The maximum absolute atomic E-state index is 3.76. The molecule has 3 atom stereocenters. The first-order valence-corrected chi connectivity index (χ1v) is 14.6. The van der Waals surface area contributed by atoms with Gasteiger partial charge in [0.05, 0.1) is 0 Å². The number of rotatable bonds is 19. The van der Waals surface area contributed by atoms with Crippen LogP contribution in [0.25, 0.3) is 0 Å². The Balaban J connectivity index is 1.38. The first-order valence-electron chi connectivity index (χ1n) is 14.6. The summed E-state index contributed by atoms with van der Waals surface area (Å²) in [6.07, 6.45) is 19.6. The molecule has 0 saturated heterocycles. The molecule has 4 N–H and O–H groups in total. The van der Waals surface area contributed by atoms with Crippen LogP contribution in [-0.2, 0) is 0 Å². The Morgan fingerprint density at radius 3 is 1.72 bits per heavy atom. The maximum Gasteiger partial charge on any atom is -0.00204 e. The Morgan fingerprint density at radius 2 is 1.16 bits per heavy atom. The highest BCUT2D eigenvalue weighted by molar-refractivity contribution is 4.76. The fraction of sp³-hybridized carbons (Fsp3) is 1.00. The molecule has 2 fully saturated rings. The number of hydrogen-bond donors (Lipinski definition) is 4. The summed E-state index contributed by atoms with van der Waals surface area (Å²) in [7, 11) is 0. The van der Waals surface area contributed by atoms with E-state index in [1.165, 1.54) is 142 Å². The van der Waals surface area contributed by atoms with Gasteiger partial charge in [0.2, 0.25) is 0 Å². The van der Waals surface area contributed by atoms with Crippen LogP contribution >= 0.6 is 0 Å². The van der Waals surface area contributed by atoms with E-state index in [1.807, 2.05) is 0 Å². The lowest BCUT2D eigenvalue weighted by Gasteiger charge is -2.29. The van der Waals surface area contributed by atoms with Gasteiger partial charge >= 0.3 is 0 Å². The molecule has 0 spiro atoms. The molecule has 2 aliphatic carbocycles. The quantitative estimate of drug-likeness (QED) is 0.201. The normalized spacial score (nSPS) is 23.4. The van der Waals surface area contributed by atoms with Crippen LogP contribution < -0.4 is 21.3 Å². The van der Waals surface area contributed by atoms with Gasteiger partial charge in [0.1, 0.15) is 0 Å². The molecule has 0 heterocycles. The third-order valence-corrected chi connectivity index (χ3v) is 8.04. The van der Waals surface area contributed by atoms with Gasteiger partial charge in [0.15, 0.2) is 0 Å². The number of nitrogens with one attached hydrogen (secondary N) is 4. The van der Waals surface area contributed by atoms with Crippen molar-refractivity contribution in [3.05, 3.63) is 0 Å². The first kappa shape index (κ1) is 28.1. The highest BCUT2D eigenvalue weighted by Crippen LogP contribution is 2.28. The molecule has 0 aromatic rings. The fourth-order valence-corrected chi connectivity index (χ4v) is 5.92. The van der Waals surface area contributed by atoms with Crippen molar-refractivity contribution >= 4 is 0 Å². The predicted molar refractivity (Wildman–Crippen MR) is 141 cm³/mol. The van der Waals surface area contributed by atoms with Crippen LogP contribution in [0, 0.1) is 23.7 Å². The van der Waals surface area contributed by atoms with Crippen molar-refractivity contribution < 1.29 is 0 Å². The average Bonchev–Trinajstić information content (AvgIpc) is 2.83. The molecular formula is C28H58N4. The predicted octanol–water partition coefficient (Wildman–Crippen LogP) is 5.34. The maximum atomic E-state index is 3.76. The molecule has 32 heavy (non-hydrogen) atoms. The fourth-order valence-electron chi connectivity index (χ4n) is 5.92. The van der Waals surface area contributed by atoms with Crippen LogP contribution in [0.4, 0.5) is 0 Å². The first-order chi connectivity index (χ1) is 15.8. The molecule has 2 rings (SSSR count). The lowest BCUT2D eigenvalue weighted by atomic mass is 9.81. The van der Waals surface area contributed by atoms with Gasteiger partial charge in [-0.25, -0.2) is 0 Å². The summed E-state index contributed by atoms with van der Waals surface area (Å²) in [5.41, 5.74) is 0. The Morgan fingerprint density at radius 1 is 0.625 bits per heavy atom. The molecule has 0 aromatic heterocycles. The molecule has 0 amide bonds. The van der Waals surface area contributed by atoms with Gasteiger partial charge in [-0.3, -0.25) is 0 Å². The second-order valence-electron chi connectivity index (χ2n) is 11.0. The van der Waals surface area contributed by atoms with Crippen molar-refractivity contribution in [3.63, 3.8) is 0 Å². The number of hydrogen-bond acceptors (Lipinski definition) is 4. The molecule has 0 aliphatic heterocycles. The molecule has 2 aliphatic rings. The smallest absolute Gasteiger partial charge is 0.00204 e. The minimum atomic E-state index is 0.874. The highest BCUT2D eigenvalue weighted by Gasteiger charge is 2.21. The summed E-state index contributed by atoms with van der Waals surface area (Å²) in [5, 5.41) is 14.9. The molecule has 0 radical (unpaired) electrons. The van der Waals surface area contributed by atoms with E-state index in [1.54, 1.807) is 0 Å². The second kappa shape index (κ2) is 19.2. The van der Waals surface area contributed by atoms with Crippen LogP contribution in [-0.4, -0.2) is 52.4 Å². The van der Waals surface area contributed by atoms with Gasteiger partial charge in [-0.15, -0.1) is 0 Å². The molecule has 4 nitrogen and oxygen atoms in total. The Labute approximate surface area is 201 Å². The van der Waals surface area contributed by atoms with Crippen molar-refractivity contribution in [2.75, 3.05) is 52.4 Å². The largest absolute Gasteiger partial charge is 0.316 e. The van der Waals surface area contributed by atoms with Gasteiger partial charge in [-0.1, -0.05) is 52.4 Å².